The van der Waals surface area contributed by atoms with Gasteiger partial charge >= 0.3 is 11.9 Å². The van der Waals surface area contributed by atoms with Crippen LogP contribution >= 0.6 is 0 Å². The number of hydrogen-bond acceptors (Lipinski definition) is 12. The lowest BCUT2D eigenvalue weighted by Crippen LogP contribution is -2.69. The summed E-state index contributed by atoms with van der Waals surface area (Å²) in [5.74, 6) is -0.743. The van der Waals surface area contributed by atoms with Crippen molar-refractivity contribution in [3.05, 3.63) is 71.3 Å². The number of piperazine rings is 3. The van der Waals surface area contributed by atoms with Crippen LogP contribution in [0.2, 0.25) is 0 Å². The average Bonchev–Trinajstić information content (AvgIpc) is 3.13. The van der Waals surface area contributed by atoms with E-state index in [9.17, 15) is 24.0 Å². The largest absolute Gasteiger partial charge is 0.460 e. The molecule has 15 heteroatoms. The second-order valence-electron chi connectivity index (χ2n) is 19.5. The third-order valence-electron chi connectivity index (χ3n) is 10.3. The predicted molar refractivity (Wildman–Crippen MR) is 235 cm³/mol. The highest BCUT2D eigenvalue weighted by atomic mass is 17.2. The Kier molecular flexibility index (Phi) is 16.9. The van der Waals surface area contributed by atoms with Gasteiger partial charge in [0.05, 0.1) is 47.4 Å². The molecule has 5 rings (SSSR count). The summed E-state index contributed by atoms with van der Waals surface area (Å²) in [5.41, 5.74) is -0.689. The zero-order chi connectivity index (χ0) is 44.7. The van der Waals surface area contributed by atoms with E-state index in [0.29, 0.717) is 50.4 Å². The van der Waals surface area contributed by atoms with Gasteiger partial charge in [-0.25, -0.2) is 19.4 Å². The van der Waals surface area contributed by atoms with Gasteiger partial charge in [0.1, 0.15) is 19.8 Å². The van der Waals surface area contributed by atoms with Crippen LogP contribution in [0.1, 0.15) is 117 Å². The third-order valence-corrected chi connectivity index (χ3v) is 10.3. The molecule has 15 nitrogen and oxygen atoms in total. The number of carbonyl (C=O) groups excluding carboxylic acids is 5. The molecule has 3 heterocycles. The molecule has 0 aliphatic carbocycles. The van der Waals surface area contributed by atoms with Crippen LogP contribution in [-0.4, -0.2) is 137 Å². The maximum atomic E-state index is 12.7. The molecule has 3 fully saturated rings. The number of ether oxygens (including phenoxy) is 2. The van der Waals surface area contributed by atoms with Gasteiger partial charge in [0.15, 0.2) is 0 Å². The second kappa shape index (κ2) is 20.2. The maximum absolute atomic E-state index is 12.7. The molecule has 0 atom stereocenters. The molecule has 0 spiro atoms. The number of nitrogens with zero attached hydrogens (tertiary/aromatic N) is 3. The van der Waals surface area contributed by atoms with E-state index >= 15 is 0 Å². The van der Waals surface area contributed by atoms with Gasteiger partial charge in [-0.05, 0) is 113 Å². The summed E-state index contributed by atoms with van der Waals surface area (Å²) in [7, 11) is 0. The van der Waals surface area contributed by atoms with Crippen LogP contribution in [0.4, 0.5) is 0 Å². The highest BCUT2D eigenvalue weighted by Crippen LogP contribution is 2.24. The van der Waals surface area contributed by atoms with Crippen molar-refractivity contribution in [2.24, 2.45) is 0 Å². The molecule has 3 aliphatic heterocycles. The predicted octanol–water partition coefficient (Wildman–Crippen LogP) is 4.74. The normalized spacial score (nSPS) is 20.8. The lowest BCUT2D eigenvalue weighted by Gasteiger charge is -2.47. The highest BCUT2D eigenvalue weighted by molar-refractivity contribution is 5.90. The SMILES string of the molecule is C.CC1(C)CN(CCOC(=O)c2ccccc2)C(=O)C(C)(C)N1.CC1(C)CN(CCOOCc2ccc(C(=O)OCCN3CC(C)(C)NC(C)(C)C3=O)cc2)C(=O)C(C)(C)N1. The standard InChI is InChI=1S/C28H44N4O6.C17H24N2O3.CH4/c1-25(2)18-31(23(34)27(5,6)29-25)13-15-36-22(33)21-11-9-20(10-12-21)17-38-37-16-14-32-19-26(3,4)30-28(7,8)24(32)35;1-16(2)12-19(15(21)17(3,4)18-16)10-11-22-14(20)13-8-6-5-7-9-13;/h9-12,29-30H,13-19H2,1-8H3;5-9,18H,10-12H2,1-4H3;1H4. The van der Waals surface area contributed by atoms with Crippen molar-refractivity contribution in [2.75, 3.05) is 59.1 Å². The molecular formula is C46H72N6O9. The smallest absolute Gasteiger partial charge is 0.338 e. The molecular weight excluding hydrogens is 781 g/mol. The molecule has 0 saturated carbocycles. The molecule has 3 amide bonds. The number of benzene rings is 2. The molecule has 2 aromatic rings. The van der Waals surface area contributed by atoms with Gasteiger partial charge in [-0.3, -0.25) is 30.3 Å². The van der Waals surface area contributed by atoms with Crippen molar-refractivity contribution in [1.82, 2.24) is 30.7 Å². The summed E-state index contributed by atoms with van der Waals surface area (Å²) in [5, 5.41) is 10.1. The number of esters is 2. The van der Waals surface area contributed by atoms with Crippen LogP contribution in [-0.2, 0) is 40.2 Å². The quantitative estimate of drug-likeness (QED) is 0.104. The van der Waals surface area contributed by atoms with E-state index in [4.69, 9.17) is 19.2 Å². The molecule has 61 heavy (non-hydrogen) atoms. The minimum Gasteiger partial charge on any atom is -0.460 e. The maximum Gasteiger partial charge on any atom is 0.338 e. The minimum absolute atomic E-state index is 0. The highest BCUT2D eigenvalue weighted by Gasteiger charge is 2.45. The zero-order valence-electron chi connectivity index (χ0n) is 37.8. The summed E-state index contributed by atoms with van der Waals surface area (Å²) in [6, 6.07) is 15.8. The van der Waals surface area contributed by atoms with E-state index < -0.39 is 22.6 Å². The number of carbonyl (C=O) groups is 5. The van der Waals surface area contributed by atoms with Crippen molar-refractivity contribution < 1.29 is 43.2 Å². The van der Waals surface area contributed by atoms with E-state index in [1.165, 1.54) is 0 Å². The Bertz CT molecular complexity index is 1830. The topological polar surface area (TPSA) is 168 Å². The Morgan fingerprint density at radius 2 is 0.852 bits per heavy atom. The number of hydrogen-bond donors (Lipinski definition) is 3. The Morgan fingerprint density at radius 3 is 1.23 bits per heavy atom. The van der Waals surface area contributed by atoms with Crippen molar-refractivity contribution in [3.63, 3.8) is 0 Å². The molecule has 3 saturated heterocycles. The van der Waals surface area contributed by atoms with Crippen molar-refractivity contribution in [2.45, 2.75) is 130 Å². The van der Waals surface area contributed by atoms with Crippen LogP contribution in [0.15, 0.2) is 54.6 Å². The fourth-order valence-corrected chi connectivity index (χ4v) is 8.48. The Hall–Kier alpha value is -4.41. The zero-order valence-corrected chi connectivity index (χ0v) is 37.8. The number of nitrogens with one attached hydrogen (secondary N) is 3. The number of rotatable bonds is 14. The lowest BCUT2D eigenvalue weighted by atomic mass is 9.90. The first-order valence-corrected chi connectivity index (χ1v) is 20.7. The third kappa shape index (κ3) is 14.6. The molecule has 0 bridgehead atoms. The summed E-state index contributed by atoms with van der Waals surface area (Å²) >= 11 is 0. The van der Waals surface area contributed by atoms with Crippen molar-refractivity contribution >= 4 is 29.7 Å². The summed E-state index contributed by atoms with van der Waals surface area (Å²) < 4.78 is 10.7. The van der Waals surface area contributed by atoms with E-state index in [-0.39, 0.29) is 74.2 Å². The molecule has 3 aliphatic rings. The minimum atomic E-state index is -0.663. The summed E-state index contributed by atoms with van der Waals surface area (Å²) in [4.78, 5) is 78.0. The average molecular weight is 853 g/mol. The van der Waals surface area contributed by atoms with E-state index in [1.54, 1.807) is 63.2 Å². The fraction of sp³-hybridized carbons (Fsp3) is 0.630. The van der Waals surface area contributed by atoms with E-state index in [2.05, 4.69) is 43.6 Å². The van der Waals surface area contributed by atoms with Crippen LogP contribution in [0.5, 0.6) is 0 Å². The second-order valence-corrected chi connectivity index (χ2v) is 19.5. The van der Waals surface area contributed by atoms with E-state index in [1.807, 2.05) is 61.5 Å². The van der Waals surface area contributed by atoms with E-state index in [0.717, 1.165) is 5.56 Å². The van der Waals surface area contributed by atoms with Crippen molar-refractivity contribution in [1.29, 1.82) is 0 Å². The summed E-state index contributed by atoms with van der Waals surface area (Å²) in [6.07, 6.45) is 0. The van der Waals surface area contributed by atoms with Gasteiger partial charge in [-0.2, -0.15) is 0 Å². The van der Waals surface area contributed by atoms with Gasteiger partial charge in [-0.1, -0.05) is 37.8 Å². The van der Waals surface area contributed by atoms with Gasteiger partial charge < -0.3 is 24.2 Å². The summed E-state index contributed by atoms with van der Waals surface area (Å²) in [6.45, 7) is 27.3. The van der Waals surface area contributed by atoms with Crippen LogP contribution in [0, 0.1) is 0 Å². The number of amides is 3. The first kappa shape index (κ1) is 50.9. The fourth-order valence-electron chi connectivity index (χ4n) is 8.48. The Labute approximate surface area is 363 Å². The van der Waals surface area contributed by atoms with Gasteiger partial charge in [0.25, 0.3) is 0 Å². The van der Waals surface area contributed by atoms with Gasteiger partial charge in [-0.15, -0.1) is 0 Å². The van der Waals surface area contributed by atoms with Crippen molar-refractivity contribution in [3.8, 4) is 0 Å². The first-order valence-electron chi connectivity index (χ1n) is 20.7. The van der Waals surface area contributed by atoms with Gasteiger partial charge in [0.2, 0.25) is 17.7 Å². The molecule has 3 N–H and O–H groups in total. The van der Waals surface area contributed by atoms with Crippen LogP contribution < -0.4 is 16.0 Å². The Balaban J connectivity index is 0.000000367. The van der Waals surface area contributed by atoms with Crippen LogP contribution in [0.3, 0.4) is 0 Å². The Morgan fingerprint density at radius 1 is 0.508 bits per heavy atom. The van der Waals surface area contributed by atoms with Crippen LogP contribution in [0.25, 0.3) is 0 Å². The molecule has 340 valence electrons. The molecule has 0 aromatic heterocycles. The lowest BCUT2D eigenvalue weighted by molar-refractivity contribution is -0.304. The van der Waals surface area contributed by atoms with Gasteiger partial charge in [0, 0.05) is 42.8 Å². The first-order chi connectivity index (χ1) is 27.7. The molecule has 0 unspecified atom stereocenters. The molecule has 2 aromatic carbocycles. The monoisotopic (exact) mass is 853 g/mol. The molecule has 0 radical (unpaired) electrons.